The SMILES string of the molecule is C1#CCOCC#CCOC1. The average molecular weight is 136 g/mol. The van der Waals surface area contributed by atoms with E-state index in [9.17, 15) is 0 Å². The van der Waals surface area contributed by atoms with Crippen molar-refractivity contribution in [3.8, 4) is 23.7 Å². The first-order valence-electron chi connectivity index (χ1n) is 3.07. The first kappa shape index (κ1) is 7.15. The van der Waals surface area contributed by atoms with Crippen molar-refractivity contribution in [3.63, 3.8) is 0 Å². The Balaban J connectivity index is 2.31. The molecule has 0 N–H and O–H groups in total. The Labute approximate surface area is 60.5 Å². The van der Waals surface area contributed by atoms with Gasteiger partial charge in [-0.05, 0) is 0 Å². The van der Waals surface area contributed by atoms with E-state index in [1.807, 2.05) is 0 Å². The first-order valence-corrected chi connectivity index (χ1v) is 3.07. The number of rotatable bonds is 0. The molecule has 0 aromatic rings. The van der Waals surface area contributed by atoms with Gasteiger partial charge in [-0.2, -0.15) is 0 Å². The van der Waals surface area contributed by atoms with Gasteiger partial charge in [0.25, 0.3) is 0 Å². The highest BCUT2D eigenvalue weighted by atomic mass is 16.5. The molecule has 0 saturated heterocycles. The van der Waals surface area contributed by atoms with Gasteiger partial charge >= 0.3 is 0 Å². The van der Waals surface area contributed by atoms with E-state index < -0.39 is 0 Å². The fourth-order valence-corrected chi connectivity index (χ4v) is 0.510. The largest absolute Gasteiger partial charge is 0.356 e. The zero-order valence-corrected chi connectivity index (χ0v) is 5.64. The van der Waals surface area contributed by atoms with Gasteiger partial charge in [-0.1, -0.05) is 23.7 Å². The molecule has 52 valence electrons. The van der Waals surface area contributed by atoms with Crippen LogP contribution in [0.25, 0.3) is 0 Å². The van der Waals surface area contributed by atoms with E-state index >= 15 is 0 Å². The molecule has 0 atom stereocenters. The summed E-state index contributed by atoms with van der Waals surface area (Å²) in [5.41, 5.74) is 0. The molecule has 1 heterocycles. The molecular weight excluding hydrogens is 128 g/mol. The van der Waals surface area contributed by atoms with Gasteiger partial charge in [0.1, 0.15) is 26.4 Å². The normalized spacial score (nSPS) is 17.6. The fourth-order valence-electron chi connectivity index (χ4n) is 0.510. The van der Waals surface area contributed by atoms with E-state index in [-0.39, 0.29) is 0 Å². The molecule has 0 unspecified atom stereocenters. The summed E-state index contributed by atoms with van der Waals surface area (Å²) in [6, 6.07) is 0. The lowest BCUT2D eigenvalue weighted by Crippen LogP contribution is -1.97. The van der Waals surface area contributed by atoms with Crippen LogP contribution in [0.1, 0.15) is 0 Å². The zero-order chi connectivity index (χ0) is 7.07. The lowest BCUT2D eigenvalue weighted by molar-refractivity contribution is 0.193. The van der Waals surface area contributed by atoms with Crippen LogP contribution in [0, 0.1) is 23.7 Å². The van der Waals surface area contributed by atoms with Crippen molar-refractivity contribution < 1.29 is 9.47 Å². The Morgan fingerprint density at radius 1 is 0.600 bits per heavy atom. The second-order valence-electron chi connectivity index (χ2n) is 1.69. The second-order valence-corrected chi connectivity index (χ2v) is 1.69. The summed E-state index contributed by atoms with van der Waals surface area (Å²) in [7, 11) is 0. The number of hydrogen-bond donors (Lipinski definition) is 0. The van der Waals surface area contributed by atoms with Crippen molar-refractivity contribution in [2.45, 2.75) is 0 Å². The van der Waals surface area contributed by atoms with Gasteiger partial charge in [0.05, 0.1) is 0 Å². The summed E-state index contributed by atoms with van der Waals surface area (Å²) in [5.74, 6) is 11.2. The lowest BCUT2D eigenvalue weighted by Gasteiger charge is -1.93. The topological polar surface area (TPSA) is 18.5 Å². The summed E-state index contributed by atoms with van der Waals surface area (Å²) in [6.45, 7) is 1.83. The highest BCUT2D eigenvalue weighted by molar-refractivity contribution is 5.04. The van der Waals surface area contributed by atoms with Crippen LogP contribution in [-0.4, -0.2) is 26.4 Å². The molecule has 0 aromatic carbocycles. The van der Waals surface area contributed by atoms with Crippen LogP contribution >= 0.6 is 0 Å². The highest BCUT2D eigenvalue weighted by Crippen LogP contribution is 1.76. The second kappa shape index (κ2) is 4.88. The van der Waals surface area contributed by atoms with Gasteiger partial charge in [0, 0.05) is 0 Å². The molecule has 1 aliphatic rings. The van der Waals surface area contributed by atoms with Crippen LogP contribution in [0.5, 0.6) is 0 Å². The summed E-state index contributed by atoms with van der Waals surface area (Å²) in [4.78, 5) is 0. The highest BCUT2D eigenvalue weighted by Gasteiger charge is 1.81. The molecule has 0 radical (unpaired) electrons. The molecule has 0 spiro atoms. The molecule has 0 aliphatic carbocycles. The van der Waals surface area contributed by atoms with E-state index in [0.29, 0.717) is 26.4 Å². The van der Waals surface area contributed by atoms with Crippen molar-refractivity contribution in [2.75, 3.05) is 26.4 Å². The summed E-state index contributed by atoms with van der Waals surface area (Å²) >= 11 is 0. The molecule has 0 aromatic heterocycles. The van der Waals surface area contributed by atoms with Crippen LogP contribution in [0.15, 0.2) is 0 Å². The smallest absolute Gasteiger partial charge is 0.109 e. The Kier molecular flexibility index (Phi) is 3.49. The van der Waals surface area contributed by atoms with E-state index in [2.05, 4.69) is 23.7 Å². The van der Waals surface area contributed by atoms with Crippen molar-refractivity contribution in [2.24, 2.45) is 0 Å². The van der Waals surface area contributed by atoms with Gasteiger partial charge in [-0.3, -0.25) is 0 Å². The van der Waals surface area contributed by atoms with Gasteiger partial charge < -0.3 is 9.47 Å². The molecule has 0 fully saturated rings. The third-order valence-corrected chi connectivity index (χ3v) is 0.947. The molecule has 0 saturated carbocycles. The first-order chi connectivity index (χ1) is 5.00. The minimum absolute atomic E-state index is 0.456. The Hall–Kier alpha value is -0.960. The third kappa shape index (κ3) is 3.14. The molecule has 0 amide bonds. The van der Waals surface area contributed by atoms with Crippen LogP contribution in [0.3, 0.4) is 0 Å². The van der Waals surface area contributed by atoms with Gasteiger partial charge in [-0.15, -0.1) is 0 Å². The maximum absolute atomic E-state index is 5.01. The Bertz CT molecular complexity index is 159. The molecule has 10 heavy (non-hydrogen) atoms. The van der Waals surface area contributed by atoms with Gasteiger partial charge in [0.15, 0.2) is 0 Å². The van der Waals surface area contributed by atoms with Crippen molar-refractivity contribution in [1.29, 1.82) is 0 Å². The fraction of sp³-hybridized carbons (Fsp3) is 0.500. The minimum atomic E-state index is 0.456. The van der Waals surface area contributed by atoms with Crippen LogP contribution in [-0.2, 0) is 9.47 Å². The molecule has 1 aliphatic heterocycles. The predicted octanol–water partition coefficient (Wildman–Crippen LogP) is 0.0400. The Morgan fingerprint density at radius 2 is 0.900 bits per heavy atom. The van der Waals surface area contributed by atoms with Crippen molar-refractivity contribution in [3.05, 3.63) is 0 Å². The summed E-state index contributed by atoms with van der Waals surface area (Å²) < 4.78 is 10.0. The van der Waals surface area contributed by atoms with Crippen LogP contribution < -0.4 is 0 Å². The van der Waals surface area contributed by atoms with Gasteiger partial charge in [-0.25, -0.2) is 0 Å². The summed E-state index contributed by atoms with van der Waals surface area (Å²) in [6.07, 6.45) is 0. The van der Waals surface area contributed by atoms with E-state index in [4.69, 9.17) is 9.47 Å². The maximum atomic E-state index is 5.01. The molecule has 1 rings (SSSR count). The molecule has 2 heteroatoms. The van der Waals surface area contributed by atoms with Crippen LogP contribution in [0.2, 0.25) is 0 Å². The Morgan fingerprint density at radius 3 is 1.20 bits per heavy atom. The van der Waals surface area contributed by atoms with Crippen molar-refractivity contribution in [1.82, 2.24) is 0 Å². The number of hydrogen-bond acceptors (Lipinski definition) is 2. The summed E-state index contributed by atoms with van der Waals surface area (Å²) in [5, 5.41) is 0. The van der Waals surface area contributed by atoms with E-state index in [1.54, 1.807) is 0 Å². The quantitative estimate of drug-likeness (QED) is 0.438. The zero-order valence-electron chi connectivity index (χ0n) is 5.64. The average Bonchev–Trinajstić information content (AvgIpc) is 2.01. The van der Waals surface area contributed by atoms with Crippen molar-refractivity contribution >= 4 is 0 Å². The maximum Gasteiger partial charge on any atom is 0.109 e. The van der Waals surface area contributed by atoms with E-state index in [0.717, 1.165) is 0 Å². The lowest BCUT2D eigenvalue weighted by atomic mass is 10.5. The minimum Gasteiger partial charge on any atom is -0.356 e. The molecular formula is C8H8O2. The molecule has 0 bridgehead atoms. The third-order valence-electron chi connectivity index (χ3n) is 0.947. The van der Waals surface area contributed by atoms with Crippen LogP contribution in [0.4, 0.5) is 0 Å². The molecule has 2 nitrogen and oxygen atoms in total. The van der Waals surface area contributed by atoms with Gasteiger partial charge in [0.2, 0.25) is 0 Å². The monoisotopic (exact) mass is 136 g/mol. The number of ether oxygens (including phenoxy) is 2. The predicted molar refractivity (Wildman–Crippen MR) is 37.2 cm³/mol. The standard InChI is InChI=1S/C8H8O2/c1-2-6-10-8-4-3-7-9-5-1/h5-8H2. The van der Waals surface area contributed by atoms with E-state index in [1.165, 1.54) is 0 Å².